The van der Waals surface area contributed by atoms with Gasteiger partial charge in [-0.15, -0.1) is 10.2 Å². The van der Waals surface area contributed by atoms with Crippen molar-refractivity contribution in [2.75, 3.05) is 12.0 Å². The van der Waals surface area contributed by atoms with Crippen molar-refractivity contribution >= 4 is 16.5 Å². The zero-order chi connectivity index (χ0) is 10.4. The smallest absolute Gasteiger partial charge is 0.219 e. The average molecular weight is 216 g/mol. The number of hydrogen-bond donors (Lipinski definition) is 2. The summed E-state index contributed by atoms with van der Waals surface area (Å²) in [6.45, 7) is 5.63. The van der Waals surface area contributed by atoms with Crippen molar-refractivity contribution in [2.45, 2.75) is 26.9 Å². The van der Waals surface area contributed by atoms with Gasteiger partial charge in [0.1, 0.15) is 11.6 Å². The van der Waals surface area contributed by atoms with E-state index in [-0.39, 0.29) is 0 Å². The molecule has 0 bridgehead atoms. The number of nitrogens with two attached hydrogens (primary N) is 1. The quantitative estimate of drug-likeness (QED) is 0.427. The summed E-state index contributed by atoms with van der Waals surface area (Å²) >= 11 is 1.41. The standard InChI is InChI=1S/C8H16N4OS/c1-6(2)3-4-13-5-7-11-12-8(10-9)14-7/h6H,3-5,9H2,1-2H3,(H,10,12). The molecule has 0 unspecified atom stereocenters. The van der Waals surface area contributed by atoms with Crippen molar-refractivity contribution in [3.05, 3.63) is 5.01 Å². The van der Waals surface area contributed by atoms with Crippen molar-refractivity contribution in [3.8, 4) is 0 Å². The maximum absolute atomic E-state index is 5.43. The fourth-order valence-electron chi connectivity index (χ4n) is 0.849. The van der Waals surface area contributed by atoms with E-state index in [0.717, 1.165) is 18.0 Å². The van der Waals surface area contributed by atoms with Crippen LogP contribution in [-0.2, 0) is 11.3 Å². The molecule has 0 saturated carbocycles. The number of hydrazine groups is 1. The molecule has 5 nitrogen and oxygen atoms in total. The van der Waals surface area contributed by atoms with Gasteiger partial charge >= 0.3 is 0 Å². The molecule has 0 amide bonds. The lowest BCUT2D eigenvalue weighted by molar-refractivity contribution is 0.110. The topological polar surface area (TPSA) is 73.1 Å². The number of hydrogen-bond acceptors (Lipinski definition) is 6. The minimum Gasteiger partial charge on any atom is -0.374 e. The van der Waals surface area contributed by atoms with Crippen molar-refractivity contribution in [1.29, 1.82) is 0 Å². The molecular formula is C8H16N4OS. The SMILES string of the molecule is CC(C)CCOCc1nnc(NN)s1. The lowest BCUT2D eigenvalue weighted by Gasteiger charge is -2.03. The molecule has 0 atom stereocenters. The van der Waals surface area contributed by atoms with Crippen LogP contribution in [0.4, 0.5) is 5.13 Å². The van der Waals surface area contributed by atoms with E-state index in [9.17, 15) is 0 Å². The van der Waals surface area contributed by atoms with Gasteiger partial charge in [-0.3, -0.25) is 5.43 Å². The predicted molar refractivity (Wildman–Crippen MR) is 56.8 cm³/mol. The van der Waals surface area contributed by atoms with Crippen LogP contribution in [0.3, 0.4) is 0 Å². The van der Waals surface area contributed by atoms with Crippen LogP contribution >= 0.6 is 11.3 Å². The molecule has 1 heterocycles. The van der Waals surface area contributed by atoms with E-state index in [2.05, 4.69) is 29.5 Å². The largest absolute Gasteiger partial charge is 0.374 e. The number of nitrogens with zero attached hydrogens (tertiary/aromatic N) is 2. The first-order chi connectivity index (χ1) is 6.72. The van der Waals surface area contributed by atoms with Gasteiger partial charge in [0.15, 0.2) is 0 Å². The zero-order valence-electron chi connectivity index (χ0n) is 8.49. The summed E-state index contributed by atoms with van der Waals surface area (Å²) in [5.74, 6) is 5.85. The summed E-state index contributed by atoms with van der Waals surface area (Å²) in [5.41, 5.74) is 2.45. The fourth-order valence-corrected chi connectivity index (χ4v) is 1.44. The Balaban J connectivity index is 2.18. The van der Waals surface area contributed by atoms with E-state index in [0.29, 0.717) is 17.7 Å². The third-order valence-corrected chi connectivity index (χ3v) is 2.48. The van der Waals surface area contributed by atoms with Crippen molar-refractivity contribution in [1.82, 2.24) is 10.2 Å². The van der Waals surface area contributed by atoms with Crippen LogP contribution in [0.1, 0.15) is 25.3 Å². The molecule has 80 valence electrons. The van der Waals surface area contributed by atoms with Crippen LogP contribution in [0.15, 0.2) is 0 Å². The molecule has 3 N–H and O–H groups in total. The van der Waals surface area contributed by atoms with Crippen molar-refractivity contribution in [2.24, 2.45) is 11.8 Å². The van der Waals surface area contributed by atoms with Crippen LogP contribution < -0.4 is 11.3 Å². The molecule has 0 saturated heterocycles. The number of nitrogens with one attached hydrogen (secondary N) is 1. The molecule has 0 fully saturated rings. The van der Waals surface area contributed by atoms with Gasteiger partial charge in [0, 0.05) is 6.61 Å². The molecule has 1 aromatic rings. The summed E-state index contributed by atoms with van der Waals surface area (Å²) in [6.07, 6.45) is 1.07. The van der Waals surface area contributed by atoms with Crippen LogP contribution in [-0.4, -0.2) is 16.8 Å². The van der Waals surface area contributed by atoms with Gasteiger partial charge < -0.3 is 4.74 Å². The first kappa shape index (κ1) is 11.4. The molecule has 6 heteroatoms. The highest BCUT2D eigenvalue weighted by Gasteiger charge is 2.02. The number of anilines is 1. The van der Waals surface area contributed by atoms with Crippen LogP contribution in [0.25, 0.3) is 0 Å². The van der Waals surface area contributed by atoms with Gasteiger partial charge in [-0.1, -0.05) is 25.2 Å². The Bertz CT molecular complexity index is 264. The summed E-state index contributed by atoms with van der Waals surface area (Å²) in [5, 5.41) is 9.17. The Morgan fingerprint density at radius 2 is 2.29 bits per heavy atom. The van der Waals surface area contributed by atoms with E-state index < -0.39 is 0 Å². The lowest BCUT2D eigenvalue weighted by Crippen LogP contribution is -2.05. The van der Waals surface area contributed by atoms with Crippen LogP contribution in [0, 0.1) is 5.92 Å². The maximum Gasteiger partial charge on any atom is 0.219 e. The third kappa shape index (κ3) is 3.99. The first-order valence-corrected chi connectivity index (χ1v) is 5.40. The third-order valence-electron chi connectivity index (χ3n) is 1.66. The maximum atomic E-state index is 5.43. The Labute approximate surface area is 87.6 Å². The van der Waals surface area contributed by atoms with E-state index in [1.807, 2.05) is 0 Å². The molecule has 1 rings (SSSR count). The lowest BCUT2D eigenvalue weighted by atomic mass is 10.1. The Morgan fingerprint density at radius 1 is 1.50 bits per heavy atom. The number of rotatable bonds is 6. The van der Waals surface area contributed by atoms with Gasteiger partial charge in [-0.05, 0) is 12.3 Å². The second-order valence-electron chi connectivity index (χ2n) is 3.38. The van der Waals surface area contributed by atoms with Gasteiger partial charge in [0.05, 0.1) is 0 Å². The zero-order valence-corrected chi connectivity index (χ0v) is 9.30. The van der Waals surface area contributed by atoms with Crippen molar-refractivity contribution < 1.29 is 4.74 Å². The Kier molecular flexibility index (Phi) is 4.78. The van der Waals surface area contributed by atoms with Crippen LogP contribution in [0.5, 0.6) is 0 Å². The highest BCUT2D eigenvalue weighted by atomic mass is 32.1. The van der Waals surface area contributed by atoms with Gasteiger partial charge in [-0.25, -0.2) is 5.84 Å². The van der Waals surface area contributed by atoms with E-state index in [1.165, 1.54) is 11.3 Å². The predicted octanol–water partition coefficient (Wildman–Crippen LogP) is 1.39. The van der Waals surface area contributed by atoms with E-state index >= 15 is 0 Å². The van der Waals surface area contributed by atoms with E-state index in [4.69, 9.17) is 10.6 Å². The minimum atomic E-state index is 0.520. The van der Waals surface area contributed by atoms with E-state index in [1.54, 1.807) is 0 Å². The summed E-state index contributed by atoms with van der Waals surface area (Å²) < 4.78 is 5.43. The second-order valence-corrected chi connectivity index (χ2v) is 4.44. The minimum absolute atomic E-state index is 0.520. The highest BCUT2D eigenvalue weighted by molar-refractivity contribution is 7.15. The second kappa shape index (κ2) is 5.90. The van der Waals surface area contributed by atoms with Crippen LogP contribution in [0.2, 0.25) is 0 Å². The Hall–Kier alpha value is -0.720. The van der Waals surface area contributed by atoms with Gasteiger partial charge in [0.25, 0.3) is 0 Å². The molecule has 0 aromatic carbocycles. The number of ether oxygens (including phenoxy) is 1. The highest BCUT2D eigenvalue weighted by Crippen LogP contribution is 2.14. The molecule has 0 aliphatic carbocycles. The monoisotopic (exact) mass is 216 g/mol. The summed E-state index contributed by atoms with van der Waals surface area (Å²) in [4.78, 5) is 0. The van der Waals surface area contributed by atoms with Gasteiger partial charge in [0.2, 0.25) is 5.13 Å². The molecule has 0 radical (unpaired) electrons. The first-order valence-electron chi connectivity index (χ1n) is 4.59. The summed E-state index contributed by atoms with van der Waals surface area (Å²) in [7, 11) is 0. The average Bonchev–Trinajstić information content (AvgIpc) is 2.60. The molecule has 0 aliphatic rings. The summed E-state index contributed by atoms with van der Waals surface area (Å²) in [6, 6.07) is 0. The normalized spacial score (nSPS) is 10.9. The van der Waals surface area contributed by atoms with Gasteiger partial charge in [-0.2, -0.15) is 0 Å². The Morgan fingerprint density at radius 3 is 2.86 bits per heavy atom. The molecular weight excluding hydrogens is 200 g/mol. The number of aromatic nitrogens is 2. The molecule has 14 heavy (non-hydrogen) atoms. The number of nitrogen functional groups attached to an aromatic ring is 1. The molecule has 1 aromatic heterocycles. The van der Waals surface area contributed by atoms with Crippen molar-refractivity contribution in [3.63, 3.8) is 0 Å². The molecule has 0 aliphatic heterocycles. The molecule has 0 spiro atoms. The fraction of sp³-hybridized carbons (Fsp3) is 0.750.